The maximum absolute atomic E-state index is 12.7. The number of phenols is 1. The lowest BCUT2D eigenvalue weighted by Crippen LogP contribution is -2.37. The van der Waals surface area contributed by atoms with Crippen molar-refractivity contribution in [1.82, 2.24) is 19.9 Å². The van der Waals surface area contributed by atoms with Gasteiger partial charge in [0.15, 0.2) is 0 Å². The van der Waals surface area contributed by atoms with Gasteiger partial charge in [0.25, 0.3) is 0 Å². The SMILES string of the molecule is O=C(CCn1ccnn1)N(Cc1ccccc1O)CC1CCCO1. The van der Waals surface area contributed by atoms with Crippen molar-refractivity contribution in [1.29, 1.82) is 0 Å². The molecule has 0 saturated carbocycles. The molecular weight excluding hydrogens is 308 g/mol. The Labute approximate surface area is 140 Å². The van der Waals surface area contributed by atoms with E-state index in [9.17, 15) is 9.90 Å². The van der Waals surface area contributed by atoms with Gasteiger partial charge >= 0.3 is 0 Å². The standard InChI is InChI=1S/C17H22N4O3/c22-16-6-2-1-4-14(16)12-20(13-15-5-3-11-24-15)17(23)7-9-21-10-8-18-19-21/h1-2,4,6,8,10,15,22H,3,5,7,9,11-13H2. The summed E-state index contributed by atoms with van der Waals surface area (Å²) < 4.78 is 7.31. The summed E-state index contributed by atoms with van der Waals surface area (Å²) in [5, 5.41) is 17.6. The maximum Gasteiger partial charge on any atom is 0.224 e. The predicted molar refractivity (Wildman–Crippen MR) is 87.1 cm³/mol. The number of carbonyl (C=O) groups excluding carboxylic acids is 1. The van der Waals surface area contributed by atoms with Crippen LogP contribution in [0.25, 0.3) is 0 Å². The molecule has 1 N–H and O–H groups in total. The minimum Gasteiger partial charge on any atom is -0.508 e. The van der Waals surface area contributed by atoms with Crippen LogP contribution in [-0.4, -0.2) is 50.2 Å². The van der Waals surface area contributed by atoms with Gasteiger partial charge in [-0.1, -0.05) is 23.4 Å². The van der Waals surface area contributed by atoms with Crippen LogP contribution >= 0.6 is 0 Å². The number of aryl methyl sites for hydroxylation is 1. The van der Waals surface area contributed by atoms with Gasteiger partial charge in [0.2, 0.25) is 5.91 Å². The van der Waals surface area contributed by atoms with Crippen LogP contribution in [0.15, 0.2) is 36.7 Å². The molecule has 1 amide bonds. The number of benzene rings is 1. The zero-order valence-electron chi connectivity index (χ0n) is 13.5. The van der Waals surface area contributed by atoms with Crippen LogP contribution in [0.3, 0.4) is 0 Å². The summed E-state index contributed by atoms with van der Waals surface area (Å²) in [7, 11) is 0. The van der Waals surface area contributed by atoms with Gasteiger partial charge in [0.1, 0.15) is 5.75 Å². The molecule has 1 aromatic carbocycles. The molecule has 3 rings (SSSR count). The van der Waals surface area contributed by atoms with Crippen LogP contribution in [0.4, 0.5) is 0 Å². The largest absolute Gasteiger partial charge is 0.508 e. The van der Waals surface area contributed by atoms with Gasteiger partial charge in [-0.05, 0) is 18.9 Å². The van der Waals surface area contributed by atoms with Crippen molar-refractivity contribution in [2.24, 2.45) is 0 Å². The first-order valence-electron chi connectivity index (χ1n) is 8.23. The number of ether oxygens (including phenoxy) is 1. The van der Waals surface area contributed by atoms with Gasteiger partial charge in [-0.2, -0.15) is 0 Å². The Kier molecular flexibility index (Phi) is 5.43. The summed E-state index contributed by atoms with van der Waals surface area (Å²) in [5.41, 5.74) is 0.740. The Hall–Kier alpha value is -2.41. The van der Waals surface area contributed by atoms with E-state index in [2.05, 4.69) is 10.3 Å². The number of nitrogens with zero attached hydrogens (tertiary/aromatic N) is 4. The van der Waals surface area contributed by atoms with Crippen molar-refractivity contribution in [3.05, 3.63) is 42.2 Å². The highest BCUT2D eigenvalue weighted by Gasteiger charge is 2.23. The average Bonchev–Trinajstić information content (AvgIpc) is 3.27. The van der Waals surface area contributed by atoms with Crippen LogP contribution in [-0.2, 0) is 22.6 Å². The number of para-hydroxylation sites is 1. The molecule has 2 aromatic rings. The molecule has 1 atom stereocenters. The van der Waals surface area contributed by atoms with Gasteiger partial charge in [0, 0.05) is 37.9 Å². The number of aromatic hydroxyl groups is 1. The molecule has 1 fully saturated rings. The first kappa shape index (κ1) is 16.4. The fraction of sp³-hybridized carbons (Fsp3) is 0.471. The van der Waals surface area contributed by atoms with Crippen molar-refractivity contribution in [2.75, 3.05) is 13.2 Å². The molecule has 7 nitrogen and oxygen atoms in total. The van der Waals surface area contributed by atoms with Gasteiger partial charge in [-0.15, -0.1) is 5.10 Å². The topological polar surface area (TPSA) is 80.5 Å². The third kappa shape index (κ3) is 4.32. The predicted octanol–water partition coefficient (Wildman–Crippen LogP) is 1.58. The molecule has 1 aromatic heterocycles. The van der Waals surface area contributed by atoms with E-state index in [1.54, 1.807) is 34.1 Å². The lowest BCUT2D eigenvalue weighted by Gasteiger charge is -2.26. The molecule has 1 aliphatic rings. The van der Waals surface area contributed by atoms with Gasteiger partial charge in [-0.3, -0.25) is 9.48 Å². The van der Waals surface area contributed by atoms with E-state index in [-0.39, 0.29) is 17.8 Å². The number of hydrogen-bond donors (Lipinski definition) is 1. The second-order valence-corrected chi connectivity index (χ2v) is 5.95. The third-order valence-corrected chi connectivity index (χ3v) is 4.18. The molecule has 0 radical (unpaired) electrons. The molecule has 2 heterocycles. The van der Waals surface area contributed by atoms with E-state index in [1.165, 1.54) is 0 Å². The minimum atomic E-state index is 0.0178. The van der Waals surface area contributed by atoms with Crippen molar-refractivity contribution in [3.63, 3.8) is 0 Å². The van der Waals surface area contributed by atoms with E-state index in [4.69, 9.17) is 4.74 Å². The van der Waals surface area contributed by atoms with Gasteiger partial charge in [0.05, 0.1) is 18.8 Å². The molecule has 0 aliphatic carbocycles. The van der Waals surface area contributed by atoms with Gasteiger partial charge in [-0.25, -0.2) is 0 Å². The second kappa shape index (κ2) is 7.92. The highest BCUT2D eigenvalue weighted by atomic mass is 16.5. The maximum atomic E-state index is 12.7. The summed E-state index contributed by atoms with van der Waals surface area (Å²) in [5.74, 6) is 0.225. The highest BCUT2D eigenvalue weighted by molar-refractivity contribution is 5.76. The van der Waals surface area contributed by atoms with Crippen LogP contribution in [0, 0.1) is 0 Å². The molecule has 1 aliphatic heterocycles. The molecule has 0 bridgehead atoms. The second-order valence-electron chi connectivity index (χ2n) is 5.95. The van der Waals surface area contributed by atoms with Crippen molar-refractivity contribution in [2.45, 2.75) is 38.5 Å². The number of phenolic OH excluding ortho intramolecular Hbond substituents is 1. The monoisotopic (exact) mass is 330 g/mol. The average molecular weight is 330 g/mol. The molecule has 128 valence electrons. The first-order chi connectivity index (χ1) is 11.7. The quantitative estimate of drug-likeness (QED) is 0.834. The number of hydrogen-bond acceptors (Lipinski definition) is 5. The van der Waals surface area contributed by atoms with Crippen LogP contribution in [0.1, 0.15) is 24.8 Å². The van der Waals surface area contributed by atoms with E-state index >= 15 is 0 Å². The molecule has 24 heavy (non-hydrogen) atoms. The summed E-state index contributed by atoms with van der Waals surface area (Å²) in [6, 6.07) is 7.11. The molecule has 7 heteroatoms. The Morgan fingerprint density at radius 1 is 1.42 bits per heavy atom. The highest BCUT2D eigenvalue weighted by Crippen LogP contribution is 2.20. The van der Waals surface area contributed by atoms with E-state index in [0.717, 1.165) is 25.0 Å². The fourth-order valence-electron chi connectivity index (χ4n) is 2.86. The normalized spacial score (nSPS) is 17.1. The number of carbonyl (C=O) groups is 1. The smallest absolute Gasteiger partial charge is 0.224 e. The molecule has 0 spiro atoms. The summed E-state index contributed by atoms with van der Waals surface area (Å²) in [6.07, 6.45) is 5.74. The third-order valence-electron chi connectivity index (χ3n) is 4.18. The Balaban J connectivity index is 1.66. The molecular formula is C17H22N4O3. The van der Waals surface area contributed by atoms with Crippen LogP contribution < -0.4 is 0 Å². The van der Waals surface area contributed by atoms with E-state index in [1.807, 2.05) is 12.1 Å². The Bertz CT molecular complexity index is 654. The minimum absolute atomic E-state index is 0.0178. The zero-order valence-corrected chi connectivity index (χ0v) is 13.5. The molecule has 1 unspecified atom stereocenters. The van der Waals surface area contributed by atoms with Crippen molar-refractivity contribution < 1.29 is 14.6 Å². The van der Waals surface area contributed by atoms with Crippen LogP contribution in [0.5, 0.6) is 5.75 Å². The number of amides is 1. The van der Waals surface area contributed by atoms with Gasteiger partial charge < -0.3 is 14.7 Å². The lowest BCUT2D eigenvalue weighted by atomic mass is 10.1. The lowest BCUT2D eigenvalue weighted by molar-refractivity contribution is -0.133. The Morgan fingerprint density at radius 3 is 3.00 bits per heavy atom. The van der Waals surface area contributed by atoms with Crippen LogP contribution in [0.2, 0.25) is 0 Å². The fourth-order valence-corrected chi connectivity index (χ4v) is 2.86. The summed E-state index contributed by atoms with van der Waals surface area (Å²) in [6.45, 7) is 2.16. The summed E-state index contributed by atoms with van der Waals surface area (Å²) >= 11 is 0. The summed E-state index contributed by atoms with van der Waals surface area (Å²) in [4.78, 5) is 14.4. The van der Waals surface area contributed by atoms with E-state index in [0.29, 0.717) is 26.1 Å². The van der Waals surface area contributed by atoms with Crippen molar-refractivity contribution >= 4 is 5.91 Å². The molecule has 1 saturated heterocycles. The Morgan fingerprint density at radius 2 is 2.29 bits per heavy atom. The van der Waals surface area contributed by atoms with E-state index < -0.39 is 0 Å². The number of rotatable bonds is 7. The first-order valence-corrected chi connectivity index (χ1v) is 8.23. The zero-order chi connectivity index (χ0) is 16.8. The number of aromatic nitrogens is 3. The van der Waals surface area contributed by atoms with Crippen molar-refractivity contribution in [3.8, 4) is 5.75 Å².